The molecule has 6 nitrogen and oxygen atoms in total. The van der Waals surface area contributed by atoms with Gasteiger partial charge in [0.1, 0.15) is 5.75 Å². The van der Waals surface area contributed by atoms with Crippen LogP contribution in [0.4, 0.5) is 0 Å². The molecule has 1 aliphatic heterocycles. The normalized spacial score (nSPS) is 15.2. The van der Waals surface area contributed by atoms with Crippen molar-refractivity contribution in [1.82, 2.24) is 15.6 Å². The number of morpholine rings is 1. The van der Waals surface area contributed by atoms with E-state index >= 15 is 0 Å². The third-order valence-electron chi connectivity index (χ3n) is 3.84. The summed E-state index contributed by atoms with van der Waals surface area (Å²) in [6, 6.07) is 7.86. The summed E-state index contributed by atoms with van der Waals surface area (Å²) in [6.07, 6.45) is 3.95. The molecule has 1 aromatic carbocycles. The summed E-state index contributed by atoms with van der Waals surface area (Å²) in [5.41, 5.74) is 3.83. The third kappa shape index (κ3) is 8.29. The fraction of sp³-hybridized carbons (Fsp3) is 0.556. The molecule has 25 heavy (non-hydrogen) atoms. The summed E-state index contributed by atoms with van der Waals surface area (Å²) in [4.78, 5) is 2.35. The third-order valence-corrected chi connectivity index (χ3v) is 4.08. The quantitative estimate of drug-likeness (QED) is 0.302. The highest BCUT2D eigenvalue weighted by Crippen LogP contribution is 2.11. The fourth-order valence-corrected chi connectivity index (χ4v) is 2.50. The van der Waals surface area contributed by atoms with Crippen molar-refractivity contribution in [3.8, 4) is 5.75 Å². The summed E-state index contributed by atoms with van der Waals surface area (Å²) in [5.74, 6) is 0.888. The first-order valence-electron chi connectivity index (χ1n) is 8.88. The van der Waals surface area contributed by atoms with E-state index in [4.69, 9.17) is 21.7 Å². The molecule has 0 aromatic heterocycles. The van der Waals surface area contributed by atoms with Crippen LogP contribution in [0.3, 0.4) is 0 Å². The van der Waals surface area contributed by atoms with Gasteiger partial charge in [-0.05, 0) is 48.5 Å². The summed E-state index contributed by atoms with van der Waals surface area (Å²) >= 11 is 5.22. The van der Waals surface area contributed by atoms with Crippen molar-refractivity contribution in [3.05, 3.63) is 29.8 Å². The Bertz CT molecular complexity index is 530. The number of benzene rings is 1. The van der Waals surface area contributed by atoms with Gasteiger partial charge < -0.3 is 14.8 Å². The van der Waals surface area contributed by atoms with Crippen LogP contribution in [0.15, 0.2) is 29.4 Å². The van der Waals surface area contributed by atoms with Crippen molar-refractivity contribution in [2.45, 2.75) is 19.8 Å². The van der Waals surface area contributed by atoms with E-state index in [1.54, 1.807) is 6.21 Å². The van der Waals surface area contributed by atoms with Crippen LogP contribution >= 0.6 is 12.2 Å². The number of nitrogens with one attached hydrogen (secondary N) is 2. The van der Waals surface area contributed by atoms with Crippen molar-refractivity contribution in [2.24, 2.45) is 5.10 Å². The van der Waals surface area contributed by atoms with Crippen LogP contribution in [0.5, 0.6) is 5.75 Å². The van der Waals surface area contributed by atoms with Gasteiger partial charge in [0.25, 0.3) is 0 Å². The van der Waals surface area contributed by atoms with E-state index in [2.05, 4.69) is 27.7 Å². The van der Waals surface area contributed by atoms with Crippen LogP contribution in [-0.4, -0.2) is 62.2 Å². The van der Waals surface area contributed by atoms with Gasteiger partial charge >= 0.3 is 0 Å². The summed E-state index contributed by atoms with van der Waals surface area (Å²) < 4.78 is 11.0. The highest BCUT2D eigenvalue weighted by Gasteiger charge is 2.09. The molecule has 0 unspecified atom stereocenters. The monoisotopic (exact) mass is 364 g/mol. The number of hydrazone groups is 1. The molecule has 0 spiro atoms. The predicted molar refractivity (Wildman–Crippen MR) is 105 cm³/mol. The summed E-state index contributed by atoms with van der Waals surface area (Å²) in [5, 5.41) is 7.85. The number of thiocarbonyl (C=S) groups is 1. The number of unbranched alkanes of at least 4 members (excludes halogenated alkanes) is 1. The van der Waals surface area contributed by atoms with Gasteiger partial charge in [0.05, 0.1) is 26.0 Å². The maximum Gasteiger partial charge on any atom is 0.187 e. The van der Waals surface area contributed by atoms with Crippen LogP contribution in [0.1, 0.15) is 25.3 Å². The molecule has 0 atom stereocenters. The van der Waals surface area contributed by atoms with Gasteiger partial charge in [-0.2, -0.15) is 5.10 Å². The Balaban J connectivity index is 1.61. The average Bonchev–Trinajstić information content (AvgIpc) is 2.64. The predicted octanol–water partition coefficient (Wildman–Crippen LogP) is 2.00. The van der Waals surface area contributed by atoms with Gasteiger partial charge in [-0.3, -0.25) is 10.3 Å². The molecule has 0 bridgehead atoms. The number of nitrogens with zero attached hydrogens (tertiary/aromatic N) is 2. The van der Waals surface area contributed by atoms with E-state index in [0.29, 0.717) is 5.11 Å². The first-order chi connectivity index (χ1) is 12.3. The lowest BCUT2D eigenvalue weighted by Crippen LogP contribution is -2.42. The number of hydrogen-bond acceptors (Lipinski definition) is 5. The molecule has 1 aromatic rings. The van der Waals surface area contributed by atoms with Gasteiger partial charge in [0.15, 0.2) is 5.11 Å². The van der Waals surface area contributed by atoms with E-state index in [1.807, 2.05) is 24.3 Å². The van der Waals surface area contributed by atoms with Crippen molar-refractivity contribution in [2.75, 3.05) is 46.0 Å². The largest absolute Gasteiger partial charge is 0.494 e. The van der Waals surface area contributed by atoms with E-state index in [9.17, 15) is 0 Å². The highest BCUT2D eigenvalue weighted by atomic mass is 32.1. The zero-order chi connectivity index (χ0) is 17.7. The standard InChI is InChI=1S/C18H28N4O2S/c1-2-3-12-24-17-6-4-16(5-7-17)15-20-21-18(25)19-8-9-22-10-13-23-14-11-22/h4-7,15H,2-3,8-14H2,1H3,(H2,19,21,25). The molecule has 1 saturated heterocycles. The van der Waals surface area contributed by atoms with E-state index in [-0.39, 0.29) is 0 Å². The highest BCUT2D eigenvalue weighted by molar-refractivity contribution is 7.80. The van der Waals surface area contributed by atoms with Gasteiger partial charge in [0, 0.05) is 26.2 Å². The molecule has 0 saturated carbocycles. The minimum absolute atomic E-state index is 0.532. The second kappa shape index (κ2) is 11.8. The van der Waals surface area contributed by atoms with Crippen molar-refractivity contribution in [3.63, 3.8) is 0 Å². The summed E-state index contributed by atoms with van der Waals surface area (Å²) in [7, 11) is 0. The molecule has 0 radical (unpaired) electrons. The van der Waals surface area contributed by atoms with Crippen molar-refractivity contribution in [1.29, 1.82) is 0 Å². The smallest absolute Gasteiger partial charge is 0.187 e. The van der Waals surface area contributed by atoms with E-state index in [1.165, 1.54) is 0 Å². The topological polar surface area (TPSA) is 58.1 Å². The first kappa shape index (κ1) is 19.6. The lowest BCUT2D eigenvalue weighted by atomic mass is 10.2. The molecule has 2 N–H and O–H groups in total. The maximum absolute atomic E-state index is 5.64. The molecule has 1 heterocycles. The Hall–Kier alpha value is -1.70. The van der Waals surface area contributed by atoms with Crippen molar-refractivity contribution < 1.29 is 9.47 Å². The van der Waals surface area contributed by atoms with E-state index < -0.39 is 0 Å². The van der Waals surface area contributed by atoms with Crippen LogP contribution in [0.25, 0.3) is 0 Å². The van der Waals surface area contributed by atoms with Crippen LogP contribution in [0, 0.1) is 0 Å². The Kier molecular flexibility index (Phi) is 9.25. The van der Waals surface area contributed by atoms with Gasteiger partial charge in [-0.1, -0.05) is 13.3 Å². The van der Waals surface area contributed by atoms with Crippen LogP contribution in [0.2, 0.25) is 0 Å². The number of hydrogen-bond donors (Lipinski definition) is 2. The molecular weight excluding hydrogens is 336 g/mol. The molecular formula is C18H28N4O2S. The average molecular weight is 365 g/mol. The lowest BCUT2D eigenvalue weighted by molar-refractivity contribution is 0.0389. The molecule has 1 aliphatic rings. The van der Waals surface area contributed by atoms with Gasteiger partial charge in [-0.15, -0.1) is 0 Å². The minimum atomic E-state index is 0.532. The summed E-state index contributed by atoms with van der Waals surface area (Å²) in [6.45, 7) is 8.26. The SMILES string of the molecule is CCCCOc1ccc(C=NNC(=S)NCCN2CCOCC2)cc1. The van der Waals surface area contributed by atoms with E-state index in [0.717, 1.165) is 70.2 Å². The molecule has 7 heteroatoms. The zero-order valence-corrected chi connectivity index (χ0v) is 15.7. The molecule has 2 rings (SSSR count). The first-order valence-corrected chi connectivity index (χ1v) is 9.28. The molecule has 0 amide bonds. The van der Waals surface area contributed by atoms with Crippen molar-refractivity contribution >= 4 is 23.5 Å². The Morgan fingerprint density at radius 2 is 2.08 bits per heavy atom. The second-order valence-corrected chi connectivity index (χ2v) is 6.26. The van der Waals surface area contributed by atoms with Gasteiger partial charge in [0.2, 0.25) is 0 Å². The van der Waals surface area contributed by atoms with Crippen LogP contribution in [-0.2, 0) is 4.74 Å². The van der Waals surface area contributed by atoms with Crippen LogP contribution < -0.4 is 15.5 Å². The van der Waals surface area contributed by atoms with Gasteiger partial charge in [-0.25, -0.2) is 0 Å². The number of rotatable bonds is 9. The zero-order valence-electron chi connectivity index (χ0n) is 14.9. The Morgan fingerprint density at radius 1 is 1.32 bits per heavy atom. The number of ether oxygens (including phenoxy) is 2. The Labute approximate surface area is 155 Å². The maximum atomic E-state index is 5.64. The lowest BCUT2D eigenvalue weighted by Gasteiger charge is -2.26. The fourth-order valence-electron chi connectivity index (χ4n) is 2.34. The molecule has 138 valence electrons. The molecule has 0 aliphatic carbocycles. The minimum Gasteiger partial charge on any atom is -0.494 e. The second-order valence-electron chi connectivity index (χ2n) is 5.85. The molecule has 1 fully saturated rings. The Morgan fingerprint density at radius 3 is 2.80 bits per heavy atom.